The molecule has 0 aliphatic heterocycles. The van der Waals surface area contributed by atoms with Gasteiger partial charge >= 0.3 is 0 Å². The summed E-state index contributed by atoms with van der Waals surface area (Å²) in [6.07, 6.45) is 0. The number of nitrogens with zero attached hydrogens (tertiary/aromatic N) is 2. The molecule has 5 nitrogen and oxygen atoms in total. The number of nitrogens with two attached hydrogens (primary N) is 1. The third-order valence-corrected chi connectivity index (χ3v) is 2.20. The van der Waals surface area contributed by atoms with Crippen LogP contribution in [0.3, 0.4) is 0 Å². The molecule has 2 rings (SSSR count). The number of phenolic OH excluding ortho intramolecular Hbond substituents is 1. The third-order valence-electron chi connectivity index (χ3n) is 2.20. The van der Waals surface area contributed by atoms with Crippen LogP contribution in [-0.4, -0.2) is 14.7 Å². The Kier molecular flexibility index (Phi) is 2.01. The lowest BCUT2D eigenvalue weighted by molar-refractivity contribution is 0.480. The van der Waals surface area contributed by atoms with E-state index in [1.54, 1.807) is 12.1 Å². The summed E-state index contributed by atoms with van der Waals surface area (Å²) in [7, 11) is 0. The molecule has 0 fully saturated rings. The number of phenols is 1. The molecule has 0 atom stereocenters. The highest BCUT2D eigenvalue weighted by Gasteiger charge is 2.10. The van der Waals surface area contributed by atoms with Gasteiger partial charge in [-0.3, -0.25) is 5.43 Å². The number of hydrogen-bond acceptors (Lipinski definition) is 4. The van der Waals surface area contributed by atoms with Crippen molar-refractivity contribution in [2.75, 3.05) is 5.43 Å². The molecule has 0 saturated carbocycles. The second kappa shape index (κ2) is 3.19. The molecule has 0 saturated heterocycles. The smallest absolute Gasteiger partial charge is 0.218 e. The molecular formula is C9H12N4O. The van der Waals surface area contributed by atoms with Crippen LogP contribution in [0.25, 0.3) is 11.0 Å². The van der Waals surface area contributed by atoms with Crippen LogP contribution in [0.1, 0.15) is 6.92 Å². The fourth-order valence-electron chi connectivity index (χ4n) is 1.56. The van der Waals surface area contributed by atoms with Crippen LogP contribution in [-0.2, 0) is 6.54 Å². The van der Waals surface area contributed by atoms with Crippen molar-refractivity contribution in [2.24, 2.45) is 5.84 Å². The van der Waals surface area contributed by atoms with E-state index in [4.69, 9.17) is 5.84 Å². The Labute approximate surface area is 81.1 Å². The van der Waals surface area contributed by atoms with Gasteiger partial charge < -0.3 is 9.67 Å². The van der Waals surface area contributed by atoms with Gasteiger partial charge in [0, 0.05) is 6.54 Å². The average Bonchev–Trinajstić information content (AvgIpc) is 2.57. The molecule has 0 aliphatic carbocycles. The first kappa shape index (κ1) is 8.83. The molecule has 0 bridgehead atoms. The lowest BCUT2D eigenvalue weighted by atomic mass is 10.3. The van der Waals surface area contributed by atoms with Gasteiger partial charge in [-0.1, -0.05) is 6.07 Å². The van der Waals surface area contributed by atoms with Gasteiger partial charge in [0.05, 0.1) is 5.52 Å². The molecule has 4 N–H and O–H groups in total. The molecule has 0 aliphatic rings. The maximum absolute atomic E-state index is 9.56. The molecule has 74 valence electrons. The van der Waals surface area contributed by atoms with Crippen LogP contribution < -0.4 is 11.3 Å². The van der Waals surface area contributed by atoms with Crippen molar-refractivity contribution in [1.29, 1.82) is 0 Å². The molecule has 0 unspecified atom stereocenters. The van der Waals surface area contributed by atoms with E-state index in [0.29, 0.717) is 11.5 Å². The number of para-hydroxylation sites is 1. The summed E-state index contributed by atoms with van der Waals surface area (Å²) in [5, 5.41) is 9.56. The first-order valence-corrected chi connectivity index (χ1v) is 4.42. The molecular weight excluding hydrogens is 180 g/mol. The summed E-state index contributed by atoms with van der Waals surface area (Å²) < 4.78 is 1.90. The summed E-state index contributed by atoms with van der Waals surface area (Å²) in [4.78, 5) is 4.18. The number of imidazole rings is 1. The third kappa shape index (κ3) is 1.10. The van der Waals surface area contributed by atoms with Gasteiger partial charge in [0.25, 0.3) is 0 Å². The fourth-order valence-corrected chi connectivity index (χ4v) is 1.56. The highest BCUT2D eigenvalue weighted by molar-refractivity contribution is 5.84. The minimum atomic E-state index is 0.172. The lowest BCUT2D eigenvalue weighted by Gasteiger charge is -2.03. The van der Waals surface area contributed by atoms with Crippen LogP contribution in [0.15, 0.2) is 18.2 Å². The number of hydrazine groups is 1. The number of benzene rings is 1. The average molecular weight is 192 g/mol. The van der Waals surface area contributed by atoms with Crippen molar-refractivity contribution in [1.82, 2.24) is 9.55 Å². The van der Waals surface area contributed by atoms with Gasteiger partial charge in [-0.05, 0) is 19.1 Å². The van der Waals surface area contributed by atoms with Crippen molar-refractivity contribution < 1.29 is 5.11 Å². The number of rotatable bonds is 2. The predicted octanol–water partition coefficient (Wildman–Crippen LogP) is 1.05. The first-order chi connectivity index (χ1) is 6.77. The topological polar surface area (TPSA) is 76.1 Å². The molecule has 1 heterocycles. The molecule has 0 amide bonds. The summed E-state index contributed by atoms with van der Waals surface area (Å²) in [5.74, 6) is 6.06. The number of aromatic hydroxyl groups is 1. The second-order valence-electron chi connectivity index (χ2n) is 2.97. The first-order valence-electron chi connectivity index (χ1n) is 4.42. The largest absolute Gasteiger partial charge is 0.506 e. The monoisotopic (exact) mass is 192 g/mol. The highest BCUT2D eigenvalue weighted by Crippen LogP contribution is 2.26. The minimum Gasteiger partial charge on any atom is -0.506 e. The van der Waals surface area contributed by atoms with Gasteiger partial charge in [0.2, 0.25) is 5.95 Å². The molecule has 5 heteroatoms. The normalized spacial score (nSPS) is 10.7. The van der Waals surface area contributed by atoms with Crippen LogP contribution in [0.4, 0.5) is 5.95 Å². The SMILES string of the molecule is CCn1c(NN)nc2c(O)cccc21. The van der Waals surface area contributed by atoms with Gasteiger partial charge in [0.15, 0.2) is 0 Å². The van der Waals surface area contributed by atoms with Crippen LogP contribution in [0.2, 0.25) is 0 Å². The highest BCUT2D eigenvalue weighted by atomic mass is 16.3. The molecule has 1 aromatic heterocycles. The van der Waals surface area contributed by atoms with E-state index in [-0.39, 0.29) is 5.75 Å². The van der Waals surface area contributed by atoms with Crippen LogP contribution in [0, 0.1) is 0 Å². The predicted molar refractivity (Wildman–Crippen MR) is 54.9 cm³/mol. The Morgan fingerprint density at radius 1 is 1.57 bits per heavy atom. The van der Waals surface area contributed by atoms with E-state index in [0.717, 1.165) is 12.1 Å². The van der Waals surface area contributed by atoms with Gasteiger partial charge in [-0.15, -0.1) is 0 Å². The van der Waals surface area contributed by atoms with Gasteiger partial charge in [0.1, 0.15) is 11.3 Å². The summed E-state index contributed by atoms with van der Waals surface area (Å²) in [6, 6.07) is 5.29. The standard InChI is InChI=1S/C9H12N4O/c1-2-13-6-4-3-5-7(14)8(6)11-9(13)12-10/h3-5,14H,2,10H2,1H3,(H,11,12). The maximum atomic E-state index is 9.56. The Balaban J connectivity index is 2.79. The molecule has 2 aromatic rings. The molecule has 14 heavy (non-hydrogen) atoms. The number of fused-ring (bicyclic) bond motifs is 1. The van der Waals surface area contributed by atoms with Gasteiger partial charge in [-0.2, -0.15) is 0 Å². The van der Waals surface area contributed by atoms with E-state index < -0.39 is 0 Å². The Morgan fingerprint density at radius 2 is 2.36 bits per heavy atom. The zero-order valence-corrected chi connectivity index (χ0v) is 7.86. The number of nitrogens with one attached hydrogen (secondary N) is 1. The van der Waals surface area contributed by atoms with E-state index in [1.165, 1.54) is 0 Å². The molecule has 1 aromatic carbocycles. The van der Waals surface area contributed by atoms with E-state index in [2.05, 4.69) is 10.4 Å². The second-order valence-corrected chi connectivity index (χ2v) is 2.97. The number of nitrogen functional groups attached to an aromatic ring is 1. The maximum Gasteiger partial charge on any atom is 0.218 e. The number of aromatic nitrogens is 2. The number of hydrogen-bond donors (Lipinski definition) is 3. The van der Waals surface area contributed by atoms with Crippen LogP contribution >= 0.6 is 0 Å². The summed E-state index contributed by atoms with van der Waals surface area (Å²) in [6.45, 7) is 2.74. The quantitative estimate of drug-likeness (QED) is 0.491. The summed E-state index contributed by atoms with van der Waals surface area (Å²) >= 11 is 0. The van der Waals surface area contributed by atoms with E-state index >= 15 is 0 Å². The Bertz CT molecular complexity index is 463. The van der Waals surface area contributed by atoms with Gasteiger partial charge in [-0.25, -0.2) is 10.8 Å². The Hall–Kier alpha value is -1.75. The number of aryl methyl sites for hydroxylation is 1. The van der Waals surface area contributed by atoms with Crippen molar-refractivity contribution in [3.05, 3.63) is 18.2 Å². The van der Waals surface area contributed by atoms with Crippen LogP contribution in [0.5, 0.6) is 5.75 Å². The lowest BCUT2D eigenvalue weighted by Crippen LogP contribution is -2.12. The molecule has 0 spiro atoms. The van der Waals surface area contributed by atoms with Crippen molar-refractivity contribution in [3.8, 4) is 5.75 Å². The van der Waals surface area contributed by atoms with E-state index in [1.807, 2.05) is 17.6 Å². The zero-order chi connectivity index (χ0) is 10.1. The number of anilines is 1. The Morgan fingerprint density at radius 3 is 3.00 bits per heavy atom. The van der Waals surface area contributed by atoms with Crippen molar-refractivity contribution in [3.63, 3.8) is 0 Å². The zero-order valence-electron chi connectivity index (χ0n) is 7.86. The summed E-state index contributed by atoms with van der Waals surface area (Å²) in [5.41, 5.74) is 3.95. The van der Waals surface area contributed by atoms with Crippen molar-refractivity contribution in [2.45, 2.75) is 13.5 Å². The molecule has 0 radical (unpaired) electrons. The minimum absolute atomic E-state index is 0.172. The van der Waals surface area contributed by atoms with Crippen molar-refractivity contribution >= 4 is 17.0 Å². The fraction of sp³-hybridized carbons (Fsp3) is 0.222. The van der Waals surface area contributed by atoms with E-state index in [9.17, 15) is 5.11 Å².